The molecule has 14 heavy (non-hydrogen) atoms. The maximum Gasteiger partial charge on any atom is 0.293 e. The van der Waals surface area contributed by atoms with Gasteiger partial charge in [0, 0.05) is 11.4 Å². The Morgan fingerprint density at radius 1 is 1.36 bits per heavy atom. The monoisotopic (exact) mass is 209 g/mol. The fourth-order valence-electron chi connectivity index (χ4n) is 1.29. The molecule has 0 aliphatic carbocycles. The van der Waals surface area contributed by atoms with Gasteiger partial charge in [0.15, 0.2) is 0 Å². The van der Waals surface area contributed by atoms with Crippen molar-refractivity contribution in [2.75, 3.05) is 11.5 Å². The SMILES string of the molecule is Nc1ccc(C2CSC(=O)NN2)cc1. The molecule has 1 aliphatic rings. The normalized spacial score (nSPS) is 21.7. The molecular formula is C9H11N3OS. The first-order chi connectivity index (χ1) is 6.75. The van der Waals surface area contributed by atoms with Crippen LogP contribution in [0.25, 0.3) is 0 Å². The van der Waals surface area contributed by atoms with Gasteiger partial charge >= 0.3 is 0 Å². The van der Waals surface area contributed by atoms with Gasteiger partial charge in [-0.25, -0.2) is 5.43 Å². The number of hydrogen-bond donors (Lipinski definition) is 3. The largest absolute Gasteiger partial charge is 0.399 e. The summed E-state index contributed by atoms with van der Waals surface area (Å²) in [6, 6.07) is 7.81. The van der Waals surface area contributed by atoms with Crippen molar-refractivity contribution in [1.82, 2.24) is 10.9 Å². The highest BCUT2D eigenvalue weighted by atomic mass is 32.2. The van der Waals surface area contributed by atoms with Crippen LogP contribution >= 0.6 is 11.8 Å². The predicted octanol–water partition coefficient (Wildman–Crippen LogP) is 1.27. The van der Waals surface area contributed by atoms with Crippen molar-refractivity contribution in [2.24, 2.45) is 0 Å². The van der Waals surface area contributed by atoms with Gasteiger partial charge in [-0.1, -0.05) is 23.9 Å². The molecule has 1 saturated heterocycles. The van der Waals surface area contributed by atoms with Crippen molar-refractivity contribution in [3.8, 4) is 0 Å². The first kappa shape index (κ1) is 9.36. The highest BCUT2D eigenvalue weighted by Gasteiger charge is 2.19. The summed E-state index contributed by atoms with van der Waals surface area (Å²) in [7, 11) is 0. The van der Waals surface area contributed by atoms with E-state index in [9.17, 15) is 4.79 Å². The third kappa shape index (κ3) is 2.00. The zero-order chi connectivity index (χ0) is 9.97. The summed E-state index contributed by atoms with van der Waals surface area (Å²) in [6.45, 7) is 0. The molecule has 5 heteroatoms. The van der Waals surface area contributed by atoms with E-state index in [1.807, 2.05) is 24.3 Å². The van der Waals surface area contributed by atoms with Crippen molar-refractivity contribution in [3.63, 3.8) is 0 Å². The van der Waals surface area contributed by atoms with Gasteiger partial charge in [0.05, 0.1) is 6.04 Å². The second-order valence-corrected chi connectivity index (χ2v) is 4.08. The highest BCUT2D eigenvalue weighted by molar-refractivity contribution is 8.13. The van der Waals surface area contributed by atoms with Crippen molar-refractivity contribution in [2.45, 2.75) is 6.04 Å². The van der Waals surface area contributed by atoms with E-state index in [4.69, 9.17) is 5.73 Å². The first-order valence-electron chi connectivity index (χ1n) is 4.29. The molecule has 0 bridgehead atoms. The van der Waals surface area contributed by atoms with Gasteiger partial charge in [0.25, 0.3) is 5.24 Å². The first-order valence-corrected chi connectivity index (χ1v) is 5.28. The van der Waals surface area contributed by atoms with Crippen molar-refractivity contribution in [3.05, 3.63) is 29.8 Å². The number of carbonyl (C=O) groups is 1. The van der Waals surface area contributed by atoms with Gasteiger partial charge < -0.3 is 5.73 Å². The number of hydrogen-bond acceptors (Lipinski definition) is 4. The molecule has 0 aromatic heterocycles. The Hall–Kier alpha value is -1.20. The number of nitrogens with one attached hydrogen (secondary N) is 2. The summed E-state index contributed by atoms with van der Waals surface area (Å²) in [4.78, 5) is 10.9. The van der Waals surface area contributed by atoms with E-state index in [0.717, 1.165) is 17.0 Å². The zero-order valence-corrected chi connectivity index (χ0v) is 8.30. The number of benzene rings is 1. The Kier molecular flexibility index (Phi) is 2.60. The number of amides is 1. The number of anilines is 1. The van der Waals surface area contributed by atoms with Gasteiger partial charge in [0.2, 0.25) is 0 Å². The van der Waals surface area contributed by atoms with Crippen LogP contribution in [0.15, 0.2) is 24.3 Å². The third-order valence-electron chi connectivity index (χ3n) is 2.07. The molecule has 1 amide bonds. The number of thioether (sulfide) groups is 1. The second kappa shape index (κ2) is 3.89. The van der Waals surface area contributed by atoms with Crippen LogP contribution in [0.2, 0.25) is 0 Å². The summed E-state index contributed by atoms with van der Waals surface area (Å²) in [5, 5.41) is -0.0308. The smallest absolute Gasteiger partial charge is 0.293 e. The maximum atomic E-state index is 10.9. The minimum atomic E-state index is -0.0308. The molecule has 1 atom stereocenters. The number of rotatable bonds is 1. The van der Waals surface area contributed by atoms with E-state index in [2.05, 4.69) is 10.9 Å². The van der Waals surface area contributed by atoms with Crippen LogP contribution in [-0.2, 0) is 0 Å². The lowest BCUT2D eigenvalue weighted by atomic mass is 10.1. The maximum absolute atomic E-state index is 10.9. The molecule has 4 nitrogen and oxygen atoms in total. The number of hydrazine groups is 1. The van der Waals surface area contributed by atoms with Crippen molar-refractivity contribution < 1.29 is 4.79 Å². The second-order valence-electron chi connectivity index (χ2n) is 3.09. The lowest BCUT2D eigenvalue weighted by molar-refractivity contribution is 0.253. The van der Waals surface area contributed by atoms with E-state index in [1.165, 1.54) is 11.8 Å². The summed E-state index contributed by atoms with van der Waals surface area (Å²) in [6.07, 6.45) is 0. The number of nitrogen functional groups attached to an aromatic ring is 1. The standard InChI is InChI=1S/C9H11N3OS/c10-7-3-1-6(2-4-7)8-5-14-9(13)12-11-8/h1-4,8,11H,5,10H2,(H,12,13). The molecule has 0 saturated carbocycles. The molecule has 2 rings (SSSR count). The van der Waals surface area contributed by atoms with E-state index >= 15 is 0 Å². The van der Waals surface area contributed by atoms with Gasteiger partial charge in [-0.2, -0.15) is 0 Å². The van der Waals surface area contributed by atoms with Crippen LogP contribution in [0, 0.1) is 0 Å². The molecule has 1 aromatic rings. The minimum Gasteiger partial charge on any atom is -0.399 e. The average Bonchev–Trinajstić information content (AvgIpc) is 2.21. The summed E-state index contributed by atoms with van der Waals surface area (Å²) < 4.78 is 0. The van der Waals surface area contributed by atoms with Crippen LogP contribution < -0.4 is 16.6 Å². The van der Waals surface area contributed by atoms with E-state index in [1.54, 1.807) is 0 Å². The van der Waals surface area contributed by atoms with E-state index in [-0.39, 0.29) is 11.3 Å². The third-order valence-corrected chi connectivity index (χ3v) is 2.93. The van der Waals surface area contributed by atoms with Crippen LogP contribution in [-0.4, -0.2) is 11.0 Å². The average molecular weight is 209 g/mol. The van der Waals surface area contributed by atoms with E-state index in [0.29, 0.717) is 0 Å². The Bertz CT molecular complexity index is 328. The van der Waals surface area contributed by atoms with Gasteiger partial charge in [-0.15, -0.1) is 0 Å². The lowest BCUT2D eigenvalue weighted by Crippen LogP contribution is -2.43. The highest BCUT2D eigenvalue weighted by Crippen LogP contribution is 2.21. The zero-order valence-electron chi connectivity index (χ0n) is 7.49. The fraction of sp³-hybridized carbons (Fsp3) is 0.222. The van der Waals surface area contributed by atoms with Crippen LogP contribution in [0.5, 0.6) is 0 Å². The Morgan fingerprint density at radius 3 is 2.64 bits per heavy atom. The molecule has 74 valence electrons. The molecule has 1 aromatic carbocycles. The van der Waals surface area contributed by atoms with Crippen LogP contribution in [0.1, 0.15) is 11.6 Å². The number of carbonyl (C=O) groups excluding carboxylic acids is 1. The molecule has 1 heterocycles. The predicted molar refractivity (Wildman–Crippen MR) is 57.7 cm³/mol. The Balaban J connectivity index is 2.08. The molecule has 1 aliphatic heterocycles. The summed E-state index contributed by atoms with van der Waals surface area (Å²) in [5.74, 6) is 0.746. The topological polar surface area (TPSA) is 67.2 Å². The molecular weight excluding hydrogens is 198 g/mol. The minimum absolute atomic E-state index is 0.0308. The summed E-state index contributed by atoms with van der Waals surface area (Å²) >= 11 is 1.28. The lowest BCUT2D eigenvalue weighted by Gasteiger charge is -2.23. The summed E-state index contributed by atoms with van der Waals surface area (Å²) in [5.41, 5.74) is 13.0. The van der Waals surface area contributed by atoms with Crippen molar-refractivity contribution >= 4 is 22.7 Å². The van der Waals surface area contributed by atoms with E-state index < -0.39 is 0 Å². The van der Waals surface area contributed by atoms with Crippen molar-refractivity contribution in [1.29, 1.82) is 0 Å². The van der Waals surface area contributed by atoms with Crippen LogP contribution in [0.3, 0.4) is 0 Å². The quantitative estimate of drug-likeness (QED) is 0.609. The molecule has 1 unspecified atom stereocenters. The molecule has 0 spiro atoms. The molecule has 0 radical (unpaired) electrons. The molecule has 4 N–H and O–H groups in total. The van der Waals surface area contributed by atoms with Gasteiger partial charge in [-0.3, -0.25) is 10.2 Å². The van der Waals surface area contributed by atoms with Gasteiger partial charge in [-0.05, 0) is 17.7 Å². The Labute approximate surface area is 86.2 Å². The Morgan fingerprint density at radius 2 is 2.07 bits per heavy atom. The van der Waals surface area contributed by atoms with Crippen LogP contribution in [0.4, 0.5) is 10.5 Å². The van der Waals surface area contributed by atoms with Gasteiger partial charge in [0.1, 0.15) is 0 Å². The number of nitrogens with two attached hydrogens (primary N) is 1. The fourth-order valence-corrected chi connectivity index (χ4v) is 2.02. The molecule has 1 fully saturated rings.